The third-order valence-electron chi connectivity index (χ3n) is 2.64. The van der Waals surface area contributed by atoms with Crippen LogP contribution in [0.1, 0.15) is 15.2 Å². The first-order valence-corrected chi connectivity index (χ1v) is 6.02. The van der Waals surface area contributed by atoms with E-state index in [2.05, 4.69) is 6.07 Å². The Hall–Kier alpha value is -2.26. The monoisotopic (exact) mass is 261 g/mol. The molecule has 0 amide bonds. The first-order chi connectivity index (χ1) is 8.70. The largest absolute Gasteiger partial charge is 0.486 e. The number of carboxylic acid groups (broad SMARTS) is 1. The summed E-state index contributed by atoms with van der Waals surface area (Å²) in [6, 6.07) is 5.32. The molecule has 1 aliphatic heterocycles. The number of thiophene rings is 1. The van der Waals surface area contributed by atoms with Crippen LogP contribution in [0.25, 0.3) is 10.1 Å². The Labute approximate surface area is 106 Å². The number of carbonyl (C=O) groups is 1. The van der Waals surface area contributed by atoms with Crippen LogP contribution in [-0.2, 0) is 0 Å². The molecule has 6 heteroatoms. The molecule has 2 aromatic rings. The predicted octanol–water partition coefficient (Wildman–Crippen LogP) is 2.24. The molecule has 0 spiro atoms. The van der Waals surface area contributed by atoms with Crippen molar-refractivity contribution in [1.82, 2.24) is 0 Å². The van der Waals surface area contributed by atoms with E-state index < -0.39 is 5.97 Å². The van der Waals surface area contributed by atoms with E-state index in [1.807, 2.05) is 0 Å². The first-order valence-electron chi connectivity index (χ1n) is 5.20. The summed E-state index contributed by atoms with van der Waals surface area (Å²) in [6.07, 6.45) is 0. The van der Waals surface area contributed by atoms with E-state index in [-0.39, 0.29) is 4.88 Å². The highest BCUT2D eigenvalue weighted by atomic mass is 32.1. The van der Waals surface area contributed by atoms with Crippen molar-refractivity contribution in [3.05, 3.63) is 22.6 Å². The summed E-state index contributed by atoms with van der Waals surface area (Å²) in [4.78, 5) is 11.2. The van der Waals surface area contributed by atoms with Gasteiger partial charge in [-0.15, -0.1) is 11.3 Å². The second kappa shape index (κ2) is 3.89. The van der Waals surface area contributed by atoms with Gasteiger partial charge in [-0.25, -0.2) is 4.79 Å². The number of hydrogen-bond donors (Lipinski definition) is 1. The smallest absolute Gasteiger partial charge is 0.345 e. The summed E-state index contributed by atoms with van der Waals surface area (Å²) in [5.74, 6) is -0.0880. The van der Waals surface area contributed by atoms with Gasteiger partial charge >= 0.3 is 5.97 Å². The number of fused-ring (bicyclic) bond motifs is 2. The Morgan fingerprint density at radius 2 is 2.17 bits per heavy atom. The molecule has 0 unspecified atom stereocenters. The Balaban J connectivity index is 2.34. The van der Waals surface area contributed by atoms with E-state index in [1.165, 1.54) is 0 Å². The summed E-state index contributed by atoms with van der Waals surface area (Å²) in [6.45, 7) is 0.823. The molecule has 90 valence electrons. The highest BCUT2D eigenvalue weighted by Gasteiger charge is 2.22. The average Bonchev–Trinajstić information content (AvgIpc) is 2.79. The maximum absolute atomic E-state index is 11.0. The zero-order chi connectivity index (χ0) is 12.7. The third-order valence-corrected chi connectivity index (χ3v) is 3.79. The van der Waals surface area contributed by atoms with E-state index in [9.17, 15) is 10.1 Å². The predicted molar refractivity (Wildman–Crippen MR) is 64.5 cm³/mol. The van der Waals surface area contributed by atoms with Gasteiger partial charge in [-0.05, 0) is 17.5 Å². The molecule has 0 atom stereocenters. The minimum absolute atomic E-state index is 0.198. The van der Waals surface area contributed by atoms with Gasteiger partial charge in [0.05, 0.1) is 4.70 Å². The van der Waals surface area contributed by atoms with Crippen LogP contribution in [0.2, 0.25) is 0 Å². The second-order valence-corrected chi connectivity index (χ2v) is 4.77. The number of ether oxygens (including phenoxy) is 2. The van der Waals surface area contributed by atoms with Crippen molar-refractivity contribution in [2.45, 2.75) is 0 Å². The van der Waals surface area contributed by atoms with Crippen molar-refractivity contribution < 1.29 is 19.4 Å². The molecule has 1 aliphatic rings. The van der Waals surface area contributed by atoms with Gasteiger partial charge in [0.2, 0.25) is 0 Å². The van der Waals surface area contributed by atoms with Crippen LogP contribution in [0.15, 0.2) is 12.1 Å². The Morgan fingerprint density at radius 1 is 1.39 bits per heavy atom. The lowest BCUT2D eigenvalue weighted by molar-refractivity contribution is 0.0702. The second-order valence-electron chi connectivity index (χ2n) is 3.72. The van der Waals surface area contributed by atoms with Crippen molar-refractivity contribution in [1.29, 1.82) is 5.26 Å². The van der Waals surface area contributed by atoms with Crippen LogP contribution >= 0.6 is 11.3 Å². The van der Waals surface area contributed by atoms with E-state index in [0.29, 0.717) is 40.4 Å². The number of aromatic carboxylic acids is 1. The SMILES string of the molecule is N#Cc1c2c(cc3cc(C(=O)O)sc13)OCCO2. The standard InChI is InChI=1S/C12H7NO4S/c13-5-7-10-8(16-1-2-17-10)3-6-4-9(12(14)15)18-11(6)7/h3-4H,1-2H2,(H,14,15). The molecule has 5 nitrogen and oxygen atoms in total. The van der Waals surface area contributed by atoms with Gasteiger partial charge in [0.1, 0.15) is 29.7 Å². The van der Waals surface area contributed by atoms with Crippen LogP contribution in [0, 0.1) is 11.3 Å². The Morgan fingerprint density at radius 3 is 2.89 bits per heavy atom. The molecule has 2 heterocycles. The molecule has 1 aromatic heterocycles. The highest BCUT2D eigenvalue weighted by Crippen LogP contribution is 2.42. The fraction of sp³-hybridized carbons (Fsp3) is 0.167. The van der Waals surface area contributed by atoms with Crippen molar-refractivity contribution in [2.75, 3.05) is 13.2 Å². The summed E-state index contributed by atoms with van der Waals surface area (Å²) in [5.41, 5.74) is 0.347. The Kier molecular flexibility index (Phi) is 2.35. The zero-order valence-electron chi connectivity index (χ0n) is 9.10. The van der Waals surface area contributed by atoms with Gasteiger partial charge in [0.25, 0.3) is 0 Å². The van der Waals surface area contributed by atoms with Gasteiger partial charge < -0.3 is 14.6 Å². The lowest BCUT2D eigenvalue weighted by Gasteiger charge is -2.19. The summed E-state index contributed by atoms with van der Waals surface area (Å²) >= 11 is 1.07. The third kappa shape index (κ3) is 1.49. The van der Waals surface area contributed by atoms with Crippen molar-refractivity contribution in [3.63, 3.8) is 0 Å². The number of rotatable bonds is 1. The molecule has 1 aromatic carbocycles. The molecule has 1 N–H and O–H groups in total. The van der Waals surface area contributed by atoms with E-state index in [1.54, 1.807) is 12.1 Å². The molecule has 0 aliphatic carbocycles. The molecule has 18 heavy (non-hydrogen) atoms. The molecular formula is C12H7NO4S. The molecule has 0 fully saturated rings. The fourth-order valence-corrected chi connectivity index (χ4v) is 2.86. The molecule has 0 bridgehead atoms. The van der Waals surface area contributed by atoms with E-state index in [4.69, 9.17) is 14.6 Å². The van der Waals surface area contributed by atoms with Crippen molar-refractivity contribution in [2.24, 2.45) is 0 Å². The average molecular weight is 261 g/mol. The van der Waals surface area contributed by atoms with Crippen LogP contribution in [0.4, 0.5) is 0 Å². The minimum Gasteiger partial charge on any atom is -0.486 e. The fourth-order valence-electron chi connectivity index (χ4n) is 1.89. The van der Waals surface area contributed by atoms with Gasteiger partial charge in [0.15, 0.2) is 11.5 Å². The number of nitrogens with zero attached hydrogens (tertiary/aromatic N) is 1. The number of hydrogen-bond acceptors (Lipinski definition) is 5. The Bertz CT molecular complexity index is 698. The molecule has 0 saturated carbocycles. The normalized spacial score (nSPS) is 13.3. The van der Waals surface area contributed by atoms with Crippen LogP contribution in [0.3, 0.4) is 0 Å². The van der Waals surface area contributed by atoms with E-state index >= 15 is 0 Å². The number of carboxylic acids is 1. The molecule has 0 saturated heterocycles. The van der Waals surface area contributed by atoms with Crippen LogP contribution in [0.5, 0.6) is 11.5 Å². The van der Waals surface area contributed by atoms with Crippen LogP contribution in [-0.4, -0.2) is 24.3 Å². The quantitative estimate of drug-likeness (QED) is 0.851. The molecule has 0 radical (unpaired) electrons. The first kappa shape index (κ1) is 10.9. The van der Waals surface area contributed by atoms with Gasteiger partial charge in [-0.2, -0.15) is 5.26 Å². The maximum atomic E-state index is 11.0. The van der Waals surface area contributed by atoms with Crippen molar-refractivity contribution >= 4 is 27.4 Å². The molecular weight excluding hydrogens is 254 g/mol. The zero-order valence-corrected chi connectivity index (χ0v) is 9.91. The number of nitriles is 1. The maximum Gasteiger partial charge on any atom is 0.345 e. The van der Waals surface area contributed by atoms with Gasteiger partial charge in [0, 0.05) is 0 Å². The lowest BCUT2D eigenvalue weighted by atomic mass is 10.1. The number of benzene rings is 1. The summed E-state index contributed by atoms with van der Waals surface area (Å²) in [7, 11) is 0. The minimum atomic E-state index is -1.00. The topological polar surface area (TPSA) is 79.6 Å². The van der Waals surface area contributed by atoms with Gasteiger partial charge in [-0.3, -0.25) is 0 Å². The summed E-state index contributed by atoms with van der Waals surface area (Å²) in [5, 5.41) is 18.9. The van der Waals surface area contributed by atoms with Crippen LogP contribution < -0.4 is 9.47 Å². The lowest BCUT2D eigenvalue weighted by Crippen LogP contribution is -2.16. The van der Waals surface area contributed by atoms with Gasteiger partial charge in [-0.1, -0.05) is 0 Å². The summed E-state index contributed by atoms with van der Waals surface area (Å²) < 4.78 is 11.5. The van der Waals surface area contributed by atoms with E-state index in [0.717, 1.165) is 11.3 Å². The highest BCUT2D eigenvalue weighted by molar-refractivity contribution is 7.21. The molecule has 3 rings (SSSR count). The van der Waals surface area contributed by atoms with Crippen molar-refractivity contribution in [3.8, 4) is 17.6 Å².